The van der Waals surface area contributed by atoms with Gasteiger partial charge >= 0.3 is 0 Å². The molecule has 1 aliphatic rings. The van der Waals surface area contributed by atoms with E-state index in [0.29, 0.717) is 6.61 Å². The molecule has 0 bridgehead atoms. The van der Waals surface area contributed by atoms with E-state index in [0.717, 1.165) is 42.6 Å². The van der Waals surface area contributed by atoms with E-state index in [4.69, 9.17) is 4.74 Å². The number of pyridine rings is 1. The van der Waals surface area contributed by atoms with Gasteiger partial charge in [0.15, 0.2) is 0 Å². The number of nitrogens with one attached hydrogen (secondary N) is 1. The van der Waals surface area contributed by atoms with Gasteiger partial charge in [-0.25, -0.2) is 9.97 Å². The van der Waals surface area contributed by atoms with Crippen molar-refractivity contribution >= 4 is 0 Å². The minimum absolute atomic E-state index is 0.103. The average molecular weight is 324 g/mol. The summed E-state index contributed by atoms with van der Waals surface area (Å²) in [6, 6.07) is 4.05. The van der Waals surface area contributed by atoms with Crippen LogP contribution in [0.5, 0.6) is 0 Å². The molecule has 3 aromatic rings. The number of aromatic amines is 1. The van der Waals surface area contributed by atoms with E-state index in [2.05, 4.69) is 29.4 Å². The third-order valence-electron chi connectivity index (χ3n) is 4.41. The molecule has 1 fully saturated rings. The van der Waals surface area contributed by atoms with Gasteiger partial charge in [0.25, 0.3) is 0 Å². The van der Waals surface area contributed by atoms with Gasteiger partial charge in [-0.3, -0.25) is 9.88 Å². The van der Waals surface area contributed by atoms with Gasteiger partial charge in [-0.15, -0.1) is 0 Å². The first-order chi connectivity index (χ1) is 11.8. The van der Waals surface area contributed by atoms with Crippen molar-refractivity contribution in [3.63, 3.8) is 0 Å². The summed E-state index contributed by atoms with van der Waals surface area (Å²) < 4.78 is 7.74. The minimum atomic E-state index is 0.103. The van der Waals surface area contributed by atoms with Crippen LogP contribution in [0.1, 0.15) is 17.7 Å². The lowest BCUT2D eigenvalue weighted by molar-refractivity contribution is -0.0170. The number of rotatable bonds is 4. The van der Waals surface area contributed by atoms with Crippen LogP contribution in [-0.2, 0) is 18.3 Å². The first-order valence-corrected chi connectivity index (χ1v) is 8.04. The standard InChI is InChI=1S/C17H20N6O/c1-22-7-6-19-16(22)11-23-8-9-24-12-15(23)17-20-10-14(21-17)13-2-4-18-5-3-13/h2-7,10,15H,8-9,11-12H2,1H3,(H,20,21)/t15-/m0/s1. The highest BCUT2D eigenvalue weighted by molar-refractivity contribution is 5.57. The summed E-state index contributed by atoms with van der Waals surface area (Å²) in [6.45, 7) is 3.01. The molecule has 0 aliphatic carbocycles. The average Bonchev–Trinajstić information content (AvgIpc) is 3.26. The topological polar surface area (TPSA) is 71.9 Å². The summed E-state index contributed by atoms with van der Waals surface area (Å²) in [4.78, 5) is 18.9. The van der Waals surface area contributed by atoms with Gasteiger partial charge in [0, 0.05) is 43.9 Å². The van der Waals surface area contributed by atoms with Gasteiger partial charge in [0.2, 0.25) is 0 Å². The highest BCUT2D eigenvalue weighted by atomic mass is 16.5. The zero-order valence-corrected chi connectivity index (χ0v) is 13.6. The van der Waals surface area contributed by atoms with Crippen LogP contribution in [0.4, 0.5) is 0 Å². The van der Waals surface area contributed by atoms with Crippen molar-refractivity contribution in [2.45, 2.75) is 12.6 Å². The Bertz CT molecular complexity index is 796. The summed E-state index contributed by atoms with van der Waals surface area (Å²) in [5.41, 5.74) is 2.08. The zero-order valence-electron chi connectivity index (χ0n) is 13.6. The molecule has 3 aromatic heterocycles. The number of hydrogen-bond donors (Lipinski definition) is 1. The van der Waals surface area contributed by atoms with E-state index < -0.39 is 0 Å². The van der Waals surface area contributed by atoms with Crippen molar-refractivity contribution in [2.24, 2.45) is 7.05 Å². The molecule has 0 unspecified atom stereocenters. The van der Waals surface area contributed by atoms with Crippen LogP contribution in [0, 0.1) is 0 Å². The van der Waals surface area contributed by atoms with Gasteiger partial charge in [-0.1, -0.05) is 0 Å². The Labute approximate surface area is 140 Å². The van der Waals surface area contributed by atoms with E-state index >= 15 is 0 Å². The summed E-state index contributed by atoms with van der Waals surface area (Å²) in [6.07, 6.45) is 9.25. The van der Waals surface area contributed by atoms with Crippen LogP contribution < -0.4 is 0 Å². The first kappa shape index (κ1) is 15.0. The molecule has 0 radical (unpaired) electrons. The lowest BCUT2D eigenvalue weighted by Crippen LogP contribution is -2.40. The molecule has 1 saturated heterocycles. The highest BCUT2D eigenvalue weighted by Crippen LogP contribution is 2.26. The molecule has 1 aliphatic heterocycles. The SMILES string of the molecule is Cn1ccnc1CN1CCOC[C@H]1c1ncc(-c2ccncc2)[nH]1. The lowest BCUT2D eigenvalue weighted by atomic mass is 10.2. The van der Waals surface area contributed by atoms with Gasteiger partial charge in [-0.05, 0) is 12.1 Å². The number of imidazole rings is 2. The van der Waals surface area contributed by atoms with Crippen molar-refractivity contribution in [2.75, 3.05) is 19.8 Å². The molecule has 0 amide bonds. The molecule has 1 atom stereocenters. The van der Waals surface area contributed by atoms with Crippen LogP contribution in [0.3, 0.4) is 0 Å². The maximum atomic E-state index is 5.69. The van der Waals surface area contributed by atoms with Crippen molar-refractivity contribution in [3.8, 4) is 11.3 Å². The molecule has 24 heavy (non-hydrogen) atoms. The summed E-state index contributed by atoms with van der Waals surface area (Å²) in [7, 11) is 2.02. The predicted molar refractivity (Wildman–Crippen MR) is 89.0 cm³/mol. The molecule has 124 valence electrons. The second-order valence-electron chi connectivity index (χ2n) is 5.93. The van der Waals surface area contributed by atoms with E-state index in [9.17, 15) is 0 Å². The number of morpholine rings is 1. The molecule has 7 nitrogen and oxygen atoms in total. The summed E-state index contributed by atoms with van der Waals surface area (Å²) in [5, 5.41) is 0. The molecule has 4 rings (SSSR count). The summed E-state index contributed by atoms with van der Waals surface area (Å²) in [5.74, 6) is 1.97. The summed E-state index contributed by atoms with van der Waals surface area (Å²) >= 11 is 0. The fraction of sp³-hybridized carbons (Fsp3) is 0.353. The van der Waals surface area contributed by atoms with Crippen molar-refractivity contribution in [1.82, 2.24) is 29.4 Å². The Morgan fingerprint density at radius 2 is 2.12 bits per heavy atom. The largest absolute Gasteiger partial charge is 0.378 e. The molecule has 0 aromatic carbocycles. The Kier molecular flexibility index (Phi) is 4.10. The quantitative estimate of drug-likeness (QED) is 0.792. The Morgan fingerprint density at radius 3 is 2.92 bits per heavy atom. The van der Waals surface area contributed by atoms with Crippen LogP contribution >= 0.6 is 0 Å². The van der Waals surface area contributed by atoms with Gasteiger partial charge < -0.3 is 14.3 Å². The Hall–Kier alpha value is -2.51. The third kappa shape index (κ3) is 2.95. The van der Waals surface area contributed by atoms with Crippen LogP contribution in [0.25, 0.3) is 11.3 Å². The van der Waals surface area contributed by atoms with Crippen molar-refractivity contribution in [1.29, 1.82) is 0 Å². The molecule has 0 spiro atoms. The molecule has 4 heterocycles. The van der Waals surface area contributed by atoms with Crippen molar-refractivity contribution < 1.29 is 4.74 Å². The molecule has 1 N–H and O–H groups in total. The molecular formula is C17H20N6O. The zero-order chi connectivity index (χ0) is 16.4. The number of ether oxygens (including phenoxy) is 1. The van der Waals surface area contributed by atoms with E-state index in [1.165, 1.54) is 0 Å². The number of H-pyrrole nitrogens is 1. The van der Waals surface area contributed by atoms with Gasteiger partial charge in [0.1, 0.15) is 11.6 Å². The lowest BCUT2D eigenvalue weighted by Gasteiger charge is -2.34. The molecule has 0 saturated carbocycles. The maximum Gasteiger partial charge on any atom is 0.126 e. The van der Waals surface area contributed by atoms with E-state index in [1.54, 1.807) is 12.4 Å². The fourth-order valence-electron chi connectivity index (χ4n) is 2.99. The van der Waals surface area contributed by atoms with Crippen molar-refractivity contribution in [3.05, 3.63) is 54.8 Å². The first-order valence-electron chi connectivity index (χ1n) is 8.04. The second-order valence-corrected chi connectivity index (χ2v) is 5.93. The number of aryl methyl sites for hydroxylation is 1. The van der Waals surface area contributed by atoms with Crippen LogP contribution in [-0.4, -0.2) is 49.2 Å². The molecule has 7 heteroatoms. The van der Waals surface area contributed by atoms with Crippen LogP contribution in [0.2, 0.25) is 0 Å². The van der Waals surface area contributed by atoms with Gasteiger partial charge in [-0.2, -0.15) is 0 Å². The van der Waals surface area contributed by atoms with Gasteiger partial charge in [0.05, 0.1) is 37.7 Å². The number of aromatic nitrogens is 5. The van der Waals surface area contributed by atoms with Crippen LogP contribution in [0.15, 0.2) is 43.1 Å². The highest BCUT2D eigenvalue weighted by Gasteiger charge is 2.28. The van der Waals surface area contributed by atoms with E-state index in [1.807, 2.05) is 37.8 Å². The smallest absolute Gasteiger partial charge is 0.126 e. The minimum Gasteiger partial charge on any atom is -0.378 e. The Morgan fingerprint density at radius 1 is 1.25 bits per heavy atom. The predicted octanol–water partition coefficient (Wildman–Crippen LogP) is 1.78. The third-order valence-corrected chi connectivity index (χ3v) is 4.41. The normalized spacial score (nSPS) is 18.8. The number of hydrogen-bond acceptors (Lipinski definition) is 5. The fourth-order valence-corrected chi connectivity index (χ4v) is 2.99. The second kappa shape index (κ2) is 6.54. The van der Waals surface area contributed by atoms with E-state index in [-0.39, 0.29) is 6.04 Å². The Balaban J connectivity index is 1.57. The maximum absolute atomic E-state index is 5.69. The molecular weight excluding hydrogens is 304 g/mol. The monoisotopic (exact) mass is 324 g/mol. The number of nitrogens with zero attached hydrogens (tertiary/aromatic N) is 5.